The van der Waals surface area contributed by atoms with Gasteiger partial charge in [-0.1, -0.05) is 29.8 Å². The van der Waals surface area contributed by atoms with E-state index in [1.165, 1.54) is 6.07 Å². The van der Waals surface area contributed by atoms with Crippen LogP contribution in [0.3, 0.4) is 0 Å². The molecule has 0 saturated heterocycles. The first-order valence-electron chi connectivity index (χ1n) is 7.06. The van der Waals surface area contributed by atoms with Gasteiger partial charge in [-0.2, -0.15) is 0 Å². The molecule has 0 bridgehead atoms. The van der Waals surface area contributed by atoms with Crippen LogP contribution in [0.5, 0.6) is 0 Å². The normalized spacial score (nSPS) is 10.7. The third-order valence-corrected chi connectivity index (χ3v) is 4.07. The van der Waals surface area contributed by atoms with Crippen molar-refractivity contribution in [1.82, 2.24) is 9.55 Å². The molecule has 2 aromatic carbocycles. The number of hydrogen-bond acceptors (Lipinski definition) is 3. The molecule has 0 unspecified atom stereocenters. The number of imidazole rings is 1. The summed E-state index contributed by atoms with van der Waals surface area (Å²) in [7, 11) is 0. The third kappa shape index (κ3) is 3.10. The lowest BCUT2D eigenvalue weighted by atomic mass is 10.0. The van der Waals surface area contributed by atoms with E-state index >= 15 is 0 Å². The van der Waals surface area contributed by atoms with E-state index in [1.807, 2.05) is 35.8 Å². The number of rotatable bonds is 4. The van der Waals surface area contributed by atoms with Gasteiger partial charge in [0.15, 0.2) is 0 Å². The molecule has 0 aliphatic carbocycles. The molecule has 116 valence electrons. The minimum absolute atomic E-state index is 0.0519. The number of benzene rings is 2. The average molecular weight is 328 g/mol. The summed E-state index contributed by atoms with van der Waals surface area (Å²) in [6.07, 6.45) is 3.97. The highest BCUT2D eigenvalue weighted by Crippen LogP contribution is 2.27. The van der Waals surface area contributed by atoms with E-state index in [0.717, 1.165) is 22.5 Å². The highest BCUT2D eigenvalue weighted by Gasteiger charge is 2.14. The topological polar surface area (TPSA) is 61.0 Å². The molecular formula is C17H14ClN3O2. The summed E-state index contributed by atoms with van der Waals surface area (Å²) in [5, 5.41) is 11.8. The van der Waals surface area contributed by atoms with Crippen LogP contribution in [0.2, 0.25) is 5.02 Å². The number of halogens is 1. The summed E-state index contributed by atoms with van der Waals surface area (Å²) in [5.74, 6) is 0. The largest absolute Gasteiger partial charge is 0.303 e. The Bertz CT molecular complexity index is 874. The van der Waals surface area contributed by atoms with Crippen molar-refractivity contribution < 1.29 is 4.92 Å². The zero-order chi connectivity index (χ0) is 16.4. The van der Waals surface area contributed by atoms with Crippen LogP contribution < -0.4 is 0 Å². The number of nitro benzene ring substituents is 1. The van der Waals surface area contributed by atoms with Gasteiger partial charge in [0.05, 0.1) is 16.9 Å². The lowest BCUT2D eigenvalue weighted by Gasteiger charge is -2.13. The molecule has 0 amide bonds. The van der Waals surface area contributed by atoms with E-state index in [9.17, 15) is 10.1 Å². The lowest BCUT2D eigenvalue weighted by molar-refractivity contribution is -0.384. The van der Waals surface area contributed by atoms with Crippen LogP contribution in [0.15, 0.2) is 55.0 Å². The maximum atomic E-state index is 11.1. The molecule has 0 aliphatic rings. The molecule has 5 nitrogen and oxygen atoms in total. The first-order valence-corrected chi connectivity index (χ1v) is 7.44. The Morgan fingerprint density at radius 2 is 2.00 bits per heavy atom. The molecule has 1 aromatic heterocycles. The number of aryl methyl sites for hydroxylation is 1. The van der Waals surface area contributed by atoms with Gasteiger partial charge >= 0.3 is 0 Å². The Kier molecular flexibility index (Phi) is 4.12. The summed E-state index contributed by atoms with van der Waals surface area (Å²) in [6, 6.07) is 12.5. The number of nitrogens with zero attached hydrogens (tertiary/aromatic N) is 3. The molecular weight excluding hydrogens is 314 g/mol. The van der Waals surface area contributed by atoms with Crippen LogP contribution in [0.4, 0.5) is 5.69 Å². The molecule has 0 N–H and O–H groups in total. The molecule has 3 rings (SSSR count). The molecule has 0 radical (unpaired) electrons. The average Bonchev–Trinajstić information content (AvgIpc) is 2.95. The molecule has 0 spiro atoms. The Balaban J connectivity index is 2.11. The van der Waals surface area contributed by atoms with Gasteiger partial charge in [0.25, 0.3) is 5.69 Å². The molecule has 1 heterocycles. The van der Waals surface area contributed by atoms with Gasteiger partial charge in [-0.25, -0.2) is 4.98 Å². The minimum atomic E-state index is -0.394. The predicted molar refractivity (Wildman–Crippen MR) is 89.2 cm³/mol. The van der Waals surface area contributed by atoms with Crippen molar-refractivity contribution in [2.45, 2.75) is 13.3 Å². The summed E-state index contributed by atoms with van der Waals surface area (Å²) >= 11 is 6.24. The maximum absolute atomic E-state index is 11.1. The van der Waals surface area contributed by atoms with Gasteiger partial charge in [-0.3, -0.25) is 10.1 Å². The zero-order valence-corrected chi connectivity index (χ0v) is 13.2. The second kappa shape index (κ2) is 6.22. The van der Waals surface area contributed by atoms with E-state index in [-0.39, 0.29) is 5.69 Å². The van der Waals surface area contributed by atoms with Crippen molar-refractivity contribution >= 4 is 17.3 Å². The van der Waals surface area contributed by atoms with Crippen LogP contribution in [-0.2, 0) is 6.42 Å². The highest BCUT2D eigenvalue weighted by atomic mass is 35.5. The van der Waals surface area contributed by atoms with E-state index in [0.29, 0.717) is 11.4 Å². The van der Waals surface area contributed by atoms with E-state index < -0.39 is 4.92 Å². The summed E-state index contributed by atoms with van der Waals surface area (Å²) in [6.45, 7) is 1.91. The quantitative estimate of drug-likeness (QED) is 0.529. The fraction of sp³-hybridized carbons (Fsp3) is 0.118. The van der Waals surface area contributed by atoms with Crippen LogP contribution in [0.1, 0.15) is 16.8 Å². The third-order valence-electron chi connectivity index (χ3n) is 3.70. The standard InChI is InChI=1S/C17H14ClN3O2/c1-12-10-19-11-20(12)17-9-15(21(22)23)7-6-14(17)8-13-4-2-3-5-16(13)18/h2-7,9-11H,8H2,1H3. The smallest absolute Gasteiger partial charge is 0.271 e. The van der Waals surface area contributed by atoms with Crippen molar-refractivity contribution in [2.24, 2.45) is 0 Å². The van der Waals surface area contributed by atoms with Crippen LogP contribution in [0, 0.1) is 17.0 Å². The number of non-ortho nitro benzene ring substituents is 1. The SMILES string of the molecule is Cc1cncn1-c1cc([N+](=O)[O-])ccc1Cc1ccccc1Cl. The zero-order valence-electron chi connectivity index (χ0n) is 12.4. The van der Waals surface area contributed by atoms with Crippen molar-refractivity contribution in [3.8, 4) is 5.69 Å². The molecule has 23 heavy (non-hydrogen) atoms. The van der Waals surface area contributed by atoms with E-state index in [2.05, 4.69) is 4.98 Å². The summed E-state index contributed by atoms with van der Waals surface area (Å²) < 4.78 is 1.85. The molecule has 0 saturated carbocycles. The minimum Gasteiger partial charge on any atom is -0.303 e. The fourth-order valence-electron chi connectivity index (χ4n) is 2.50. The molecule has 6 heteroatoms. The molecule has 3 aromatic rings. The van der Waals surface area contributed by atoms with E-state index in [1.54, 1.807) is 24.7 Å². The maximum Gasteiger partial charge on any atom is 0.271 e. The van der Waals surface area contributed by atoms with Gasteiger partial charge in [-0.05, 0) is 30.2 Å². The Morgan fingerprint density at radius 3 is 2.65 bits per heavy atom. The monoisotopic (exact) mass is 327 g/mol. The molecule has 0 aliphatic heterocycles. The van der Waals surface area contributed by atoms with E-state index in [4.69, 9.17) is 11.6 Å². The molecule has 0 atom stereocenters. The van der Waals surface area contributed by atoms with Crippen LogP contribution >= 0.6 is 11.6 Å². The van der Waals surface area contributed by atoms with Crippen LogP contribution in [0.25, 0.3) is 5.69 Å². The first-order chi connectivity index (χ1) is 11.1. The van der Waals surface area contributed by atoms with Crippen molar-refractivity contribution in [2.75, 3.05) is 0 Å². The van der Waals surface area contributed by atoms with Crippen molar-refractivity contribution in [3.05, 3.63) is 86.9 Å². The Hall–Kier alpha value is -2.66. The van der Waals surface area contributed by atoms with Gasteiger partial charge in [0, 0.05) is 35.5 Å². The summed E-state index contributed by atoms with van der Waals surface area (Å²) in [5.41, 5.74) is 3.63. The Labute approximate surface area is 138 Å². The highest BCUT2D eigenvalue weighted by molar-refractivity contribution is 6.31. The summed E-state index contributed by atoms with van der Waals surface area (Å²) in [4.78, 5) is 14.8. The number of hydrogen-bond donors (Lipinski definition) is 0. The fourth-order valence-corrected chi connectivity index (χ4v) is 2.70. The van der Waals surface area contributed by atoms with Gasteiger partial charge < -0.3 is 4.57 Å². The predicted octanol–water partition coefficient (Wildman–Crippen LogP) is 4.33. The number of aromatic nitrogens is 2. The van der Waals surface area contributed by atoms with Crippen LogP contribution in [-0.4, -0.2) is 14.5 Å². The van der Waals surface area contributed by atoms with Gasteiger partial charge in [0.1, 0.15) is 0 Å². The second-order valence-corrected chi connectivity index (χ2v) is 5.65. The first kappa shape index (κ1) is 15.2. The van der Waals surface area contributed by atoms with Crippen molar-refractivity contribution in [1.29, 1.82) is 0 Å². The van der Waals surface area contributed by atoms with Gasteiger partial charge in [0.2, 0.25) is 0 Å². The van der Waals surface area contributed by atoms with Gasteiger partial charge in [-0.15, -0.1) is 0 Å². The lowest BCUT2D eigenvalue weighted by Crippen LogP contribution is -2.03. The number of nitro groups is 1. The second-order valence-electron chi connectivity index (χ2n) is 5.24. The van der Waals surface area contributed by atoms with Crippen molar-refractivity contribution in [3.63, 3.8) is 0 Å². The Morgan fingerprint density at radius 1 is 1.22 bits per heavy atom. The molecule has 0 fully saturated rings.